The van der Waals surface area contributed by atoms with Gasteiger partial charge in [-0.2, -0.15) is 0 Å². The number of aryl methyl sites for hydroxylation is 1. The van der Waals surface area contributed by atoms with Gasteiger partial charge < -0.3 is 14.2 Å². The minimum absolute atomic E-state index is 0.0968. The maximum absolute atomic E-state index is 14.0. The van der Waals surface area contributed by atoms with E-state index in [1.54, 1.807) is 43.3 Å². The van der Waals surface area contributed by atoms with Crippen LogP contribution in [0.4, 0.5) is 8.78 Å². The highest BCUT2D eigenvalue weighted by molar-refractivity contribution is 5.79. The molecule has 1 aromatic heterocycles. The second-order valence-electron chi connectivity index (χ2n) is 8.05. The summed E-state index contributed by atoms with van der Waals surface area (Å²) in [6, 6.07) is 18.2. The van der Waals surface area contributed by atoms with Crippen LogP contribution in [0, 0.1) is 18.6 Å². The molecule has 0 atom stereocenters. The monoisotopic (exact) mass is 475 g/mol. The van der Waals surface area contributed by atoms with Crippen LogP contribution in [0.2, 0.25) is 0 Å². The number of ether oxygens (including phenoxy) is 3. The number of para-hydroxylation sites is 1. The van der Waals surface area contributed by atoms with Gasteiger partial charge in [-0.25, -0.2) is 18.6 Å². The van der Waals surface area contributed by atoms with Crippen LogP contribution in [-0.2, 0) is 18.0 Å². The molecule has 0 aliphatic heterocycles. The predicted molar refractivity (Wildman–Crippen MR) is 128 cm³/mol. The van der Waals surface area contributed by atoms with E-state index >= 15 is 0 Å². The van der Waals surface area contributed by atoms with Gasteiger partial charge in [0.2, 0.25) is 0 Å². The van der Waals surface area contributed by atoms with Crippen molar-refractivity contribution in [2.75, 3.05) is 6.61 Å². The molecule has 1 heterocycles. The Morgan fingerprint density at radius 1 is 0.914 bits per heavy atom. The Bertz CT molecular complexity index is 1410. The van der Waals surface area contributed by atoms with E-state index in [0.29, 0.717) is 33.9 Å². The normalized spacial score (nSPS) is 10.6. The minimum atomic E-state index is -0.714. The largest absolute Gasteiger partial charge is 0.489 e. The SMILES string of the molecule is CC(=C=O)COc1c(C)cccc1COc1cccc(OCc2ccc3cc(F)cc(F)c3n2)c1. The molecule has 0 radical (unpaired) electrons. The number of carbonyl (C=O) groups excluding carboxylic acids is 1. The maximum Gasteiger partial charge on any atom is 0.152 e. The fourth-order valence-electron chi connectivity index (χ4n) is 3.49. The first kappa shape index (κ1) is 23.9. The number of benzene rings is 3. The van der Waals surface area contributed by atoms with Crippen LogP contribution in [0.25, 0.3) is 10.9 Å². The Hall–Kier alpha value is -4.22. The second kappa shape index (κ2) is 10.8. The Morgan fingerprint density at radius 2 is 1.66 bits per heavy atom. The van der Waals surface area contributed by atoms with Gasteiger partial charge in [-0.05, 0) is 43.7 Å². The van der Waals surface area contributed by atoms with Gasteiger partial charge in [0.25, 0.3) is 0 Å². The molecule has 178 valence electrons. The van der Waals surface area contributed by atoms with Crippen molar-refractivity contribution in [3.05, 3.63) is 101 Å². The van der Waals surface area contributed by atoms with Crippen molar-refractivity contribution >= 4 is 16.8 Å². The van der Waals surface area contributed by atoms with Gasteiger partial charge in [-0.3, -0.25) is 0 Å². The second-order valence-corrected chi connectivity index (χ2v) is 8.05. The first-order valence-electron chi connectivity index (χ1n) is 10.9. The third-order valence-electron chi connectivity index (χ3n) is 5.26. The average molecular weight is 475 g/mol. The lowest BCUT2D eigenvalue weighted by Gasteiger charge is -2.15. The van der Waals surface area contributed by atoms with Crippen LogP contribution in [0.3, 0.4) is 0 Å². The zero-order valence-electron chi connectivity index (χ0n) is 19.3. The highest BCUT2D eigenvalue weighted by atomic mass is 19.1. The predicted octanol–water partition coefficient (Wildman–Crippen LogP) is 6.14. The molecule has 0 saturated heterocycles. The lowest BCUT2D eigenvalue weighted by Crippen LogP contribution is -2.05. The fraction of sp³-hybridized carbons (Fsp3) is 0.179. The van der Waals surface area contributed by atoms with Crippen molar-refractivity contribution < 1.29 is 27.8 Å². The standard InChI is InChI=1S/C28H23F2NO4/c1-18(14-32)15-35-28-19(2)5-3-6-21(28)16-33-24-7-4-8-25(13-24)34-17-23-10-9-20-11-22(29)12-26(30)27(20)31-23/h3-13H,15-17H2,1-2H3. The van der Waals surface area contributed by atoms with Crippen LogP contribution in [0.15, 0.2) is 72.3 Å². The molecule has 0 N–H and O–H groups in total. The molecule has 0 fully saturated rings. The number of nitrogens with zero attached hydrogens (tertiary/aromatic N) is 1. The zero-order chi connectivity index (χ0) is 24.8. The van der Waals surface area contributed by atoms with Crippen LogP contribution in [0.5, 0.6) is 17.2 Å². The summed E-state index contributed by atoms with van der Waals surface area (Å²) in [5.74, 6) is 2.29. The number of aromatic nitrogens is 1. The molecule has 0 aliphatic rings. The van der Waals surface area contributed by atoms with Gasteiger partial charge in [0.1, 0.15) is 54.3 Å². The molecule has 0 bridgehead atoms. The topological polar surface area (TPSA) is 57.7 Å². The molecule has 0 amide bonds. The van der Waals surface area contributed by atoms with Gasteiger partial charge in [-0.1, -0.05) is 30.3 Å². The van der Waals surface area contributed by atoms with Gasteiger partial charge in [0.15, 0.2) is 5.82 Å². The molecule has 0 saturated carbocycles. The van der Waals surface area contributed by atoms with Crippen molar-refractivity contribution in [2.45, 2.75) is 27.1 Å². The first-order valence-corrected chi connectivity index (χ1v) is 10.9. The van der Waals surface area contributed by atoms with E-state index in [1.807, 2.05) is 31.1 Å². The van der Waals surface area contributed by atoms with Crippen molar-refractivity contribution in [1.29, 1.82) is 0 Å². The number of hydrogen-bond donors (Lipinski definition) is 0. The summed E-state index contributed by atoms with van der Waals surface area (Å²) in [4.78, 5) is 15.0. The zero-order valence-corrected chi connectivity index (χ0v) is 19.3. The summed E-state index contributed by atoms with van der Waals surface area (Å²) < 4.78 is 45.0. The highest BCUT2D eigenvalue weighted by Gasteiger charge is 2.10. The quantitative estimate of drug-likeness (QED) is 0.272. The summed E-state index contributed by atoms with van der Waals surface area (Å²) in [6.45, 7) is 4.11. The van der Waals surface area contributed by atoms with E-state index in [4.69, 9.17) is 14.2 Å². The maximum atomic E-state index is 14.0. The lowest BCUT2D eigenvalue weighted by atomic mass is 10.1. The number of halogens is 2. The Labute approximate surface area is 201 Å². The molecule has 3 aromatic carbocycles. The van der Waals surface area contributed by atoms with Gasteiger partial charge in [-0.15, -0.1) is 0 Å². The molecule has 35 heavy (non-hydrogen) atoms. The summed E-state index contributed by atoms with van der Waals surface area (Å²) >= 11 is 0. The Kier molecular flexibility index (Phi) is 7.38. The van der Waals surface area contributed by atoms with Crippen LogP contribution < -0.4 is 14.2 Å². The average Bonchev–Trinajstić information content (AvgIpc) is 2.85. The van der Waals surface area contributed by atoms with E-state index in [-0.39, 0.29) is 25.3 Å². The molecule has 7 heteroatoms. The number of pyridine rings is 1. The summed E-state index contributed by atoms with van der Waals surface area (Å²) in [6.07, 6.45) is 0. The lowest BCUT2D eigenvalue weighted by molar-refractivity contribution is 0.279. The van der Waals surface area contributed by atoms with E-state index in [2.05, 4.69) is 4.98 Å². The van der Waals surface area contributed by atoms with E-state index in [9.17, 15) is 13.6 Å². The smallest absolute Gasteiger partial charge is 0.152 e. The molecular formula is C28H23F2NO4. The van der Waals surface area contributed by atoms with Crippen molar-refractivity contribution in [1.82, 2.24) is 4.98 Å². The van der Waals surface area contributed by atoms with Crippen LogP contribution >= 0.6 is 0 Å². The van der Waals surface area contributed by atoms with E-state index < -0.39 is 11.6 Å². The van der Waals surface area contributed by atoms with Crippen LogP contribution in [0.1, 0.15) is 23.7 Å². The Balaban J connectivity index is 1.42. The molecule has 5 nitrogen and oxygen atoms in total. The highest BCUT2D eigenvalue weighted by Crippen LogP contribution is 2.27. The number of rotatable bonds is 9. The molecule has 0 spiro atoms. The molecule has 0 aliphatic carbocycles. The molecule has 0 unspecified atom stereocenters. The van der Waals surface area contributed by atoms with Gasteiger partial charge in [0.05, 0.1) is 5.69 Å². The van der Waals surface area contributed by atoms with Crippen LogP contribution in [-0.4, -0.2) is 17.5 Å². The van der Waals surface area contributed by atoms with E-state index in [1.165, 1.54) is 6.07 Å². The van der Waals surface area contributed by atoms with E-state index in [0.717, 1.165) is 17.2 Å². The number of fused-ring (bicyclic) bond motifs is 1. The van der Waals surface area contributed by atoms with Crippen molar-refractivity contribution in [2.24, 2.45) is 0 Å². The number of hydrogen-bond acceptors (Lipinski definition) is 5. The van der Waals surface area contributed by atoms with Gasteiger partial charge in [0, 0.05) is 28.7 Å². The Morgan fingerprint density at radius 3 is 2.43 bits per heavy atom. The molecular weight excluding hydrogens is 452 g/mol. The molecule has 4 rings (SSSR count). The van der Waals surface area contributed by atoms with Gasteiger partial charge >= 0.3 is 0 Å². The van der Waals surface area contributed by atoms with Crippen molar-refractivity contribution in [3.8, 4) is 17.2 Å². The first-order chi connectivity index (χ1) is 16.9. The minimum Gasteiger partial charge on any atom is -0.489 e. The molecule has 4 aromatic rings. The third-order valence-corrected chi connectivity index (χ3v) is 5.26. The fourth-order valence-corrected chi connectivity index (χ4v) is 3.49. The third kappa shape index (κ3) is 6.02. The summed E-state index contributed by atoms with van der Waals surface area (Å²) in [5.41, 5.74) is 2.86. The summed E-state index contributed by atoms with van der Waals surface area (Å²) in [7, 11) is 0. The van der Waals surface area contributed by atoms with Crippen molar-refractivity contribution in [3.63, 3.8) is 0 Å². The summed E-state index contributed by atoms with van der Waals surface area (Å²) in [5, 5.41) is 0.387.